The number of rotatable bonds is 5. The van der Waals surface area contributed by atoms with Gasteiger partial charge in [0, 0.05) is 5.92 Å². The van der Waals surface area contributed by atoms with E-state index < -0.39 is 0 Å². The summed E-state index contributed by atoms with van der Waals surface area (Å²) >= 11 is 0. The van der Waals surface area contributed by atoms with E-state index in [9.17, 15) is 4.79 Å². The molecule has 2 heterocycles. The standard InChI is InChI=1S/C14H23N3O3/c1-4-19-14(18)11-5-7-17(8-6-11)9-12-15-13(10(2)3)16-20-12/h10-11H,4-9H2,1-3H3. The molecule has 1 aromatic rings. The minimum atomic E-state index is -0.0629. The van der Waals surface area contributed by atoms with Gasteiger partial charge in [0.25, 0.3) is 0 Å². The Balaban J connectivity index is 1.80. The summed E-state index contributed by atoms with van der Waals surface area (Å²) in [6.07, 6.45) is 1.67. The van der Waals surface area contributed by atoms with Crippen LogP contribution in [0.4, 0.5) is 0 Å². The lowest BCUT2D eigenvalue weighted by molar-refractivity contribution is -0.149. The van der Waals surface area contributed by atoms with Crippen molar-refractivity contribution in [3.8, 4) is 0 Å². The van der Waals surface area contributed by atoms with E-state index in [2.05, 4.69) is 15.0 Å². The third-order valence-electron chi connectivity index (χ3n) is 3.57. The first-order valence-electron chi connectivity index (χ1n) is 7.31. The summed E-state index contributed by atoms with van der Waals surface area (Å²) in [5.74, 6) is 1.67. The lowest BCUT2D eigenvalue weighted by atomic mass is 9.97. The van der Waals surface area contributed by atoms with Crippen LogP contribution in [0, 0.1) is 5.92 Å². The smallest absolute Gasteiger partial charge is 0.309 e. The fourth-order valence-electron chi connectivity index (χ4n) is 2.34. The minimum Gasteiger partial charge on any atom is -0.466 e. The van der Waals surface area contributed by atoms with E-state index in [0.717, 1.165) is 31.8 Å². The van der Waals surface area contributed by atoms with E-state index in [0.29, 0.717) is 19.0 Å². The molecule has 0 aromatic carbocycles. The van der Waals surface area contributed by atoms with Gasteiger partial charge in [0.15, 0.2) is 5.82 Å². The second-order valence-corrected chi connectivity index (χ2v) is 5.50. The number of nitrogens with zero attached hydrogens (tertiary/aromatic N) is 3. The number of carbonyl (C=O) groups is 1. The highest BCUT2D eigenvalue weighted by Gasteiger charge is 2.26. The summed E-state index contributed by atoms with van der Waals surface area (Å²) < 4.78 is 10.3. The van der Waals surface area contributed by atoms with E-state index >= 15 is 0 Å². The summed E-state index contributed by atoms with van der Waals surface area (Å²) in [4.78, 5) is 18.3. The normalized spacial score (nSPS) is 17.6. The second-order valence-electron chi connectivity index (χ2n) is 5.50. The maximum absolute atomic E-state index is 11.7. The highest BCUT2D eigenvalue weighted by Crippen LogP contribution is 2.20. The van der Waals surface area contributed by atoms with Gasteiger partial charge in [-0.1, -0.05) is 19.0 Å². The SMILES string of the molecule is CCOC(=O)C1CCN(Cc2nc(C(C)C)no2)CC1. The number of piperidine rings is 1. The van der Waals surface area contributed by atoms with Crippen LogP contribution in [0.2, 0.25) is 0 Å². The summed E-state index contributed by atoms with van der Waals surface area (Å²) in [6.45, 7) is 8.77. The summed E-state index contributed by atoms with van der Waals surface area (Å²) in [6, 6.07) is 0. The first kappa shape index (κ1) is 15.0. The Morgan fingerprint density at radius 1 is 1.45 bits per heavy atom. The zero-order valence-corrected chi connectivity index (χ0v) is 12.5. The van der Waals surface area contributed by atoms with Crippen molar-refractivity contribution in [2.45, 2.75) is 46.1 Å². The molecule has 1 aliphatic rings. The van der Waals surface area contributed by atoms with E-state index in [1.54, 1.807) is 0 Å². The Morgan fingerprint density at radius 3 is 2.70 bits per heavy atom. The van der Waals surface area contributed by atoms with Crippen molar-refractivity contribution in [3.63, 3.8) is 0 Å². The molecule has 0 aliphatic carbocycles. The zero-order chi connectivity index (χ0) is 14.5. The molecule has 0 radical (unpaired) electrons. The lowest BCUT2D eigenvalue weighted by Crippen LogP contribution is -2.36. The Morgan fingerprint density at radius 2 is 2.15 bits per heavy atom. The summed E-state index contributed by atoms with van der Waals surface area (Å²) in [7, 11) is 0. The number of aromatic nitrogens is 2. The highest BCUT2D eigenvalue weighted by atomic mass is 16.5. The van der Waals surface area contributed by atoms with Gasteiger partial charge in [-0.25, -0.2) is 0 Å². The van der Waals surface area contributed by atoms with Crippen LogP contribution in [0.1, 0.15) is 51.2 Å². The predicted octanol–water partition coefficient (Wildman–Crippen LogP) is 1.97. The quantitative estimate of drug-likeness (QED) is 0.769. The molecule has 2 rings (SSSR count). The van der Waals surface area contributed by atoms with Crippen molar-refractivity contribution in [1.29, 1.82) is 0 Å². The fourth-order valence-corrected chi connectivity index (χ4v) is 2.34. The number of esters is 1. The Bertz CT molecular complexity index is 437. The molecule has 0 saturated carbocycles. The molecule has 6 nitrogen and oxygen atoms in total. The summed E-state index contributed by atoms with van der Waals surface area (Å²) in [5, 5.41) is 3.96. The molecule has 20 heavy (non-hydrogen) atoms. The number of likely N-dealkylation sites (tertiary alicyclic amines) is 1. The number of carbonyl (C=O) groups excluding carboxylic acids is 1. The second kappa shape index (κ2) is 6.83. The molecule has 0 atom stereocenters. The molecule has 1 aliphatic heterocycles. The van der Waals surface area contributed by atoms with Crippen LogP contribution in [0.3, 0.4) is 0 Å². The Hall–Kier alpha value is -1.43. The lowest BCUT2D eigenvalue weighted by Gasteiger charge is -2.29. The summed E-state index contributed by atoms with van der Waals surface area (Å²) in [5.41, 5.74) is 0. The van der Waals surface area contributed by atoms with E-state index in [4.69, 9.17) is 9.26 Å². The van der Waals surface area contributed by atoms with Crippen molar-refractivity contribution in [2.75, 3.05) is 19.7 Å². The largest absolute Gasteiger partial charge is 0.466 e. The fraction of sp³-hybridized carbons (Fsp3) is 0.786. The molecule has 0 N–H and O–H groups in total. The Labute approximate surface area is 119 Å². The molecule has 1 fully saturated rings. The minimum absolute atomic E-state index is 0.0418. The van der Waals surface area contributed by atoms with Crippen molar-refractivity contribution in [2.24, 2.45) is 5.92 Å². The van der Waals surface area contributed by atoms with Crippen LogP contribution >= 0.6 is 0 Å². The van der Waals surface area contributed by atoms with Gasteiger partial charge in [-0.2, -0.15) is 4.98 Å². The van der Waals surface area contributed by atoms with Crippen LogP contribution < -0.4 is 0 Å². The maximum atomic E-state index is 11.7. The third kappa shape index (κ3) is 3.79. The number of hydrogen-bond acceptors (Lipinski definition) is 6. The van der Waals surface area contributed by atoms with E-state index in [1.165, 1.54) is 0 Å². The van der Waals surface area contributed by atoms with Crippen LogP contribution in [0.25, 0.3) is 0 Å². The van der Waals surface area contributed by atoms with Gasteiger partial charge >= 0.3 is 5.97 Å². The van der Waals surface area contributed by atoms with E-state index in [1.807, 2.05) is 20.8 Å². The van der Waals surface area contributed by atoms with Gasteiger partial charge < -0.3 is 9.26 Å². The average Bonchev–Trinajstić information content (AvgIpc) is 2.88. The number of ether oxygens (including phenoxy) is 1. The van der Waals surface area contributed by atoms with Gasteiger partial charge in [0.1, 0.15) is 0 Å². The first-order valence-corrected chi connectivity index (χ1v) is 7.31. The van der Waals surface area contributed by atoms with Crippen molar-refractivity contribution < 1.29 is 14.1 Å². The maximum Gasteiger partial charge on any atom is 0.309 e. The van der Waals surface area contributed by atoms with Gasteiger partial charge in [-0.05, 0) is 32.9 Å². The monoisotopic (exact) mass is 281 g/mol. The molecule has 0 amide bonds. The Kier molecular flexibility index (Phi) is 5.11. The van der Waals surface area contributed by atoms with Gasteiger partial charge in [0.2, 0.25) is 5.89 Å². The van der Waals surface area contributed by atoms with Gasteiger partial charge in [0.05, 0.1) is 19.1 Å². The van der Waals surface area contributed by atoms with Crippen LogP contribution in [-0.2, 0) is 16.1 Å². The van der Waals surface area contributed by atoms with Crippen LogP contribution in [0.15, 0.2) is 4.52 Å². The highest BCUT2D eigenvalue weighted by molar-refractivity contribution is 5.72. The molecule has 0 spiro atoms. The number of hydrogen-bond donors (Lipinski definition) is 0. The molecular weight excluding hydrogens is 258 g/mol. The zero-order valence-electron chi connectivity index (χ0n) is 12.5. The van der Waals surface area contributed by atoms with Crippen LogP contribution in [-0.4, -0.2) is 40.7 Å². The van der Waals surface area contributed by atoms with E-state index in [-0.39, 0.29) is 17.8 Å². The molecule has 0 bridgehead atoms. The molecule has 6 heteroatoms. The van der Waals surface area contributed by atoms with Crippen LogP contribution in [0.5, 0.6) is 0 Å². The molecular formula is C14H23N3O3. The van der Waals surface area contributed by atoms with Gasteiger partial charge in [-0.3, -0.25) is 9.69 Å². The molecule has 112 valence electrons. The first-order chi connectivity index (χ1) is 9.60. The molecule has 1 saturated heterocycles. The van der Waals surface area contributed by atoms with Crippen molar-refractivity contribution in [1.82, 2.24) is 15.0 Å². The third-order valence-corrected chi connectivity index (χ3v) is 3.57. The predicted molar refractivity (Wildman–Crippen MR) is 73.0 cm³/mol. The molecule has 0 unspecified atom stereocenters. The van der Waals surface area contributed by atoms with Crippen molar-refractivity contribution >= 4 is 5.97 Å². The molecule has 1 aromatic heterocycles. The van der Waals surface area contributed by atoms with Crippen molar-refractivity contribution in [3.05, 3.63) is 11.7 Å². The van der Waals surface area contributed by atoms with Gasteiger partial charge in [-0.15, -0.1) is 0 Å². The average molecular weight is 281 g/mol. The topological polar surface area (TPSA) is 68.5 Å².